The maximum Gasteiger partial charge on any atom is 0.375 e. The third kappa shape index (κ3) is 2.68. The highest BCUT2D eigenvalue weighted by Gasteiger charge is 2.38. The third-order valence-electron chi connectivity index (χ3n) is 3.33. The fourth-order valence-electron chi connectivity index (χ4n) is 2.16. The molecule has 1 aliphatic carbocycles. The Morgan fingerprint density at radius 1 is 1.38 bits per heavy atom. The molecule has 0 spiro atoms. The largest absolute Gasteiger partial charge is 0.463 e. The molecule has 90 valence electrons. The number of esters is 1. The van der Waals surface area contributed by atoms with Crippen molar-refractivity contribution in [3.63, 3.8) is 0 Å². The van der Waals surface area contributed by atoms with Crippen LogP contribution in [0.3, 0.4) is 0 Å². The van der Waals surface area contributed by atoms with Crippen LogP contribution in [0.25, 0.3) is 0 Å². The van der Waals surface area contributed by atoms with E-state index in [0.29, 0.717) is 24.7 Å². The lowest BCUT2D eigenvalue weighted by atomic mass is 9.74. The predicted molar refractivity (Wildman–Crippen MR) is 57.7 cm³/mol. The Balaban J connectivity index is 2.73. The zero-order valence-electron chi connectivity index (χ0n) is 9.99. The first-order valence-electron chi connectivity index (χ1n) is 5.62. The van der Waals surface area contributed by atoms with E-state index in [2.05, 4.69) is 18.6 Å². The Morgan fingerprint density at radius 2 is 2.00 bits per heavy atom. The first-order chi connectivity index (χ1) is 7.47. The summed E-state index contributed by atoms with van der Waals surface area (Å²) >= 11 is 0. The van der Waals surface area contributed by atoms with Gasteiger partial charge in [-0.3, -0.25) is 9.59 Å². The summed E-state index contributed by atoms with van der Waals surface area (Å²) in [5.74, 6) is -1.70. The monoisotopic (exact) mass is 226 g/mol. The van der Waals surface area contributed by atoms with Crippen LogP contribution in [-0.2, 0) is 19.1 Å². The van der Waals surface area contributed by atoms with Gasteiger partial charge < -0.3 is 4.74 Å². The molecule has 1 aliphatic rings. The van der Waals surface area contributed by atoms with Gasteiger partial charge in [-0.25, -0.2) is 4.79 Å². The molecule has 16 heavy (non-hydrogen) atoms. The van der Waals surface area contributed by atoms with E-state index in [4.69, 9.17) is 0 Å². The zero-order chi connectivity index (χ0) is 12.3. The molecule has 4 nitrogen and oxygen atoms in total. The molecule has 0 radical (unpaired) electrons. The number of carbonyl (C=O) groups excluding carboxylic acids is 3. The summed E-state index contributed by atoms with van der Waals surface area (Å²) in [5.41, 5.74) is 0. The molecule has 0 aromatic carbocycles. The van der Waals surface area contributed by atoms with Crippen molar-refractivity contribution in [3.05, 3.63) is 0 Å². The standard InChI is InChI=1S/C12H18O4/c1-7(2)8-4-5-10(13)9(6-8)11(14)12(15)16-3/h7-9H,4-6H2,1-3H3. The molecule has 1 fully saturated rings. The van der Waals surface area contributed by atoms with Crippen molar-refractivity contribution in [3.8, 4) is 0 Å². The molecule has 0 bridgehead atoms. The Bertz CT molecular complexity index is 306. The van der Waals surface area contributed by atoms with E-state index in [-0.39, 0.29) is 5.78 Å². The van der Waals surface area contributed by atoms with Crippen LogP contribution in [0.4, 0.5) is 0 Å². The summed E-state index contributed by atoms with van der Waals surface area (Å²) in [6.07, 6.45) is 1.71. The van der Waals surface area contributed by atoms with Gasteiger partial charge in [0.05, 0.1) is 13.0 Å². The van der Waals surface area contributed by atoms with Crippen molar-refractivity contribution in [2.24, 2.45) is 17.8 Å². The van der Waals surface area contributed by atoms with Crippen LogP contribution in [0.2, 0.25) is 0 Å². The molecular formula is C12H18O4. The van der Waals surface area contributed by atoms with E-state index in [9.17, 15) is 14.4 Å². The number of hydrogen-bond donors (Lipinski definition) is 0. The van der Waals surface area contributed by atoms with Crippen LogP contribution < -0.4 is 0 Å². The van der Waals surface area contributed by atoms with Gasteiger partial charge in [0.2, 0.25) is 5.78 Å². The topological polar surface area (TPSA) is 60.4 Å². The van der Waals surface area contributed by atoms with Gasteiger partial charge in [0, 0.05) is 6.42 Å². The van der Waals surface area contributed by atoms with Crippen LogP contribution >= 0.6 is 0 Å². The number of Topliss-reactive ketones (excluding diaryl/α,β-unsaturated/α-hetero) is 2. The lowest BCUT2D eigenvalue weighted by molar-refractivity contribution is -0.156. The molecular weight excluding hydrogens is 208 g/mol. The average molecular weight is 226 g/mol. The van der Waals surface area contributed by atoms with Gasteiger partial charge in [0.15, 0.2) is 0 Å². The lowest BCUT2D eigenvalue weighted by Gasteiger charge is -2.29. The highest BCUT2D eigenvalue weighted by molar-refractivity contribution is 6.38. The fraction of sp³-hybridized carbons (Fsp3) is 0.750. The molecule has 0 aromatic rings. The van der Waals surface area contributed by atoms with Gasteiger partial charge in [0.1, 0.15) is 5.78 Å². The molecule has 1 rings (SSSR count). The predicted octanol–water partition coefficient (Wildman–Crippen LogP) is 1.37. The first-order valence-corrected chi connectivity index (χ1v) is 5.62. The summed E-state index contributed by atoms with van der Waals surface area (Å²) in [6, 6.07) is 0. The fourth-order valence-corrected chi connectivity index (χ4v) is 2.16. The molecule has 2 atom stereocenters. The molecule has 0 aliphatic heterocycles. The molecule has 2 unspecified atom stereocenters. The summed E-state index contributed by atoms with van der Waals surface area (Å²) in [7, 11) is 1.16. The maximum absolute atomic E-state index is 11.6. The summed E-state index contributed by atoms with van der Waals surface area (Å²) in [5, 5.41) is 0. The molecule has 0 N–H and O–H groups in total. The Kier molecular flexibility index (Phi) is 4.21. The van der Waals surface area contributed by atoms with Crippen molar-refractivity contribution in [1.82, 2.24) is 0 Å². The number of rotatable bonds is 3. The van der Waals surface area contributed by atoms with E-state index < -0.39 is 17.7 Å². The highest BCUT2D eigenvalue weighted by Crippen LogP contribution is 2.32. The molecule has 0 aromatic heterocycles. The zero-order valence-corrected chi connectivity index (χ0v) is 9.99. The second-order valence-corrected chi connectivity index (χ2v) is 4.65. The minimum Gasteiger partial charge on any atom is -0.463 e. The van der Waals surface area contributed by atoms with Crippen molar-refractivity contribution >= 4 is 17.5 Å². The van der Waals surface area contributed by atoms with Gasteiger partial charge >= 0.3 is 5.97 Å². The number of ketones is 2. The van der Waals surface area contributed by atoms with Crippen LogP contribution in [0.1, 0.15) is 33.1 Å². The van der Waals surface area contributed by atoms with E-state index in [1.807, 2.05) is 0 Å². The minimum absolute atomic E-state index is 0.118. The van der Waals surface area contributed by atoms with Crippen molar-refractivity contribution in [1.29, 1.82) is 0 Å². The summed E-state index contributed by atoms with van der Waals surface area (Å²) in [4.78, 5) is 34.3. The maximum atomic E-state index is 11.6. The number of ether oxygens (including phenoxy) is 1. The van der Waals surface area contributed by atoms with Gasteiger partial charge in [-0.05, 0) is 24.7 Å². The van der Waals surface area contributed by atoms with Crippen LogP contribution in [-0.4, -0.2) is 24.6 Å². The smallest absolute Gasteiger partial charge is 0.375 e. The third-order valence-corrected chi connectivity index (χ3v) is 3.33. The van der Waals surface area contributed by atoms with Gasteiger partial charge in [0.25, 0.3) is 0 Å². The molecule has 1 saturated carbocycles. The number of carbonyl (C=O) groups is 3. The van der Waals surface area contributed by atoms with Crippen molar-refractivity contribution < 1.29 is 19.1 Å². The van der Waals surface area contributed by atoms with E-state index in [0.717, 1.165) is 13.5 Å². The molecule has 0 amide bonds. The van der Waals surface area contributed by atoms with Crippen molar-refractivity contribution in [2.45, 2.75) is 33.1 Å². The second-order valence-electron chi connectivity index (χ2n) is 4.65. The Morgan fingerprint density at radius 3 is 2.50 bits per heavy atom. The molecule has 0 heterocycles. The lowest BCUT2D eigenvalue weighted by Crippen LogP contribution is -2.37. The minimum atomic E-state index is -0.900. The van der Waals surface area contributed by atoms with Gasteiger partial charge in [-0.15, -0.1) is 0 Å². The van der Waals surface area contributed by atoms with E-state index >= 15 is 0 Å². The average Bonchev–Trinajstić information content (AvgIpc) is 2.27. The van der Waals surface area contributed by atoms with Crippen LogP contribution in [0.5, 0.6) is 0 Å². The van der Waals surface area contributed by atoms with Crippen molar-refractivity contribution in [2.75, 3.05) is 7.11 Å². The molecule has 4 heteroatoms. The SMILES string of the molecule is COC(=O)C(=O)C1CC(C(C)C)CCC1=O. The van der Waals surface area contributed by atoms with Crippen LogP contribution in [0.15, 0.2) is 0 Å². The number of methoxy groups -OCH3 is 1. The summed E-state index contributed by atoms with van der Waals surface area (Å²) in [6.45, 7) is 4.14. The number of hydrogen-bond acceptors (Lipinski definition) is 4. The van der Waals surface area contributed by atoms with E-state index in [1.165, 1.54) is 0 Å². The highest BCUT2D eigenvalue weighted by atomic mass is 16.5. The van der Waals surface area contributed by atoms with Gasteiger partial charge in [-0.1, -0.05) is 13.8 Å². The molecule has 0 saturated heterocycles. The van der Waals surface area contributed by atoms with Crippen LogP contribution in [0, 0.1) is 17.8 Å². The summed E-state index contributed by atoms with van der Waals surface area (Å²) < 4.78 is 4.37. The second kappa shape index (κ2) is 5.23. The first kappa shape index (κ1) is 12.9. The normalized spacial score (nSPS) is 25.6. The van der Waals surface area contributed by atoms with Gasteiger partial charge in [-0.2, -0.15) is 0 Å². The van der Waals surface area contributed by atoms with E-state index in [1.54, 1.807) is 0 Å². The Hall–Kier alpha value is -1.19. The Labute approximate surface area is 95.3 Å². The quantitative estimate of drug-likeness (QED) is 0.414.